The molecular weight excluding hydrogens is 200 g/mol. The number of nitrogens with zero attached hydrogens (tertiary/aromatic N) is 1. The largest absolute Gasteiger partial charge is 0.398 e. The minimum atomic E-state index is -0.578. The van der Waals surface area contributed by atoms with E-state index in [4.69, 9.17) is 5.73 Å². The summed E-state index contributed by atoms with van der Waals surface area (Å²) in [5.74, 6) is 0. The van der Waals surface area contributed by atoms with Gasteiger partial charge in [-0.25, -0.2) is 0 Å². The van der Waals surface area contributed by atoms with Gasteiger partial charge in [-0.3, -0.25) is 4.98 Å². The molecule has 0 aliphatic rings. The van der Waals surface area contributed by atoms with Crippen molar-refractivity contribution in [1.82, 2.24) is 4.98 Å². The Morgan fingerprint density at radius 3 is 2.69 bits per heavy atom. The number of aliphatic hydroxyl groups is 1. The Kier molecular flexibility index (Phi) is 3.17. The van der Waals surface area contributed by atoms with E-state index in [-0.39, 0.29) is 0 Å². The summed E-state index contributed by atoms with van der Waals surface area (Å²) in [6.07, 6.45) is 3.42. The molecule has 0 radical (unpaired) electrons. The Balaban J connectivity index is 2.15. The Bertz CT molecular complexity index is 456. The number of benzene rings is 1. The highest BCUT2D eigenvalue weighted by molar-refractivity contribution is 5.47. The number of aliphatic hydroxyl groups excluding tert-OH is 1. The average molecular weight is 214 g/mol. The van der Waals surface area contributed by atoms with E-state index in [1.807, 2.05) is 30.3 Å². The van der Waals surface area contributed by atoms with Crippen molar-refractivity contribution in [2.24, 2.45) is 0 Å². The first kappa shape index (κ1) is 10.6. The first-order chi connectivity index (χ1) is 7.77. The summed E-state index contributed by atoms with van der Waals surface area (Å²) >= 11 is 0. The Labute approximate surface area is 94.6 Å². The maximum absolute atomic E-state index is 10.0. The van der Waals surface area contributed by atoms with Gasteiger partial charge in [0.05, 0.1) is 6.10 Å². The predicted octanol–water partition coefficient (Wildman–Crippen LogP) is 1.94. The number of nitrogens with two attached hydrogens (primary N) is 1. The minimum Gasteiger partial charge on any atom is -0.398 e. The van der Waals surface area contributed by atoms with Crippen molar-refractivity contribution in [3.05, 3.63) is 59.9 Å². The van der Waals surface area contributed by atoms with Gasteiger partial charge in [-0.2, -0.15) is 0 Å². The molecule has 0 spiro atoms. The molecule has 1 aromatic carbocycles. The molecule has 82 valence electrons. The van der Waals surface area contributed by atoms with Crippen LogP contribution in [0.2, 0.25) is 0 Å². The summed E-state index contributed by atoms with van der Waals surface area (Å²) in [5, 5.41) is 10.0. The van der Waals surface area contributed by atoms with Gasteiger partial charge in [-0.15, -0.1) is 0 Å². The number of rotatable bonds is 3. The highest BCUT2D eigenvalue weighted by atomic mass is 16.3. The summed E-state index contributed by atoms with van der Waals surface area (Å²) < 4.78 is 0. The standard InChI is InChI=1S/C13H14N2O/c14-12-6-2-1-5-11(12)13(16)8-10-4-3-7-15-9-10/h1-7,9,13,16H,8,14H2. The molecule has 0 aliphatic heterocycles. The molecule has 1 aromatic heterocycles. The molecule has 16 heavy (non-hydrogen) atoms. The first-order valence-corrected chi connectivity index (χ1v) is 5.19. The van der Waals surface area contributed by atoms with Crippen LogP contribution in [0.5, 0.6) is 0 Å². The minimum absolute atomic E-state index is 0.530. The lowest BCUT2D eigenvalue weighted by molar-refractivity contribution is 0.179. The lowest BCUT2D eigenvalue weighted by Gasteiger charge is -2.12. The number of hydrogen-bond acceptors (Lipinski definition) is 3. The first-order valence-electron chi connectivity index (χ1n) is 5.19. The van der Waals surface area contributed by atoms with Crippen LogP contribution in [0.3, 0.4) is 0 Å². The van der Waals surface area contributed by atoms with Crippen LogP contribution >= 0.6 is 0 Å². The van der Waals surface area contributed by atoms with Crippen molar-refractivity contribution in [3.63, 3.8) is 0 Å². The summed E-state index contributed by atoms with van der Waals surface area (Å²) in [4.78, 5) is 4.01. The molecule has 0 bridgehead atoms. The SMILES string of the molecule is Nc1ccccc1C(O)Cc1cccnc1. The van der Waals surface area contributed by atoms with Crippen molar-refractivity contribution < 1.29 is 5.11 Å². The molecule has 1 heterocycles. The van der Waals surface area contributed by atoms with Crippen LogP contribution in [-0.2, 0) is 6.42 Å². The van der Waals surface area contributed by atoms with E-state index in [0.29, 0.717) is 12.1 Å². The maximum atomic E-state index is 10.0. The van der Waals surface area contributed by atoms with E-state index in [2.05, 4.69) is 4.98 Å². The highest BCUT2D eigenvalue weighted by Crippen LogP contribution is 2.22. The molecular formula is C13H14N2O. The summed E-state index contributed by atoms with van der Waals surface area (Å²) in [5.41, 5.74) is 8.19. The van der Waals surface area contributed by atoms with Crippen LogP contribution in [0, 0.1) is 0 Å². The van der Waals surface area contributed by atoms with Gasteiger partial charge in [0.2, 0.25) is 0 Å². The van der Waals surface area contributed by atoms with E-state index >= 15 is 0 Å². The number of aromatic nitrogens is 1. The van der Waals surface area contributed by atoms with Crippen LogP contribution in [0.15, 0.2) is 48.8 Å². The number of hydrogen-bond donors (Lipinski definition) is 2. The fourth-order valence-corrected chi connectivity index (χ4v) is 1.67. The zero-order valence-electron chi connectivity index (χ0n) is 8.88. The molecule has 2 aromatic rings. The quantitative estimate of drug-likeness (QED) is 0.768. The molecule has 2 rings (SSSR count). The topological polar surface area (TPSA) is 59.1 Å². The summed E-state index contributed by atoms with van der Waals surface area (Å²) in [7, 11) is 0. The van der Waals surface area contributed by atoms with Gasteiger partial charge in [0, 0.05) is 30.1 Å². The van der Waals surface area contributed by atoms with Crippen LogP contribution in [0.25, 0.3) is 0 Å². The Hall–Kier alpha value is -1.87. The van der Waals surface area contributed by atoms with E-state index in [9.17, 15) is 5.11 Å². The second kappa shape index (κ2) is 4.77. The van der Waals surface area contributed by atoms with Crippen LogP contribution in [0.1, 0.15) is 17.2 Å². The Morgan fingerprint density at radius 2 is 2.00 bits per heavy atom. The average Bonchev–Trinajstić information content (AvgIpc) is 2.31. The van der Waals surface area contributed by atoms with Crippen molar-refractivity contribution in [2.45, 2.75) is 12.5 Å². The van der Waals surface area contributed by atoms with Gasteiger partial charge in [-0.1, -0.05) is 24.3 Å². The van der Waals surface area contributed by atoms with E-state index < -0.39 is 6.10 Å². The zero-order valence-corrected chi connectivity index (χ0v) is 8.88. The van der Waals surface area contributed by atoms with Crippen molar-refractivity contribution in [3.8, 4) is 0 Å². The smallest absolute Gasteiger partial charge is 0.0850 e. The van der Waals surface area contributed by atoms with Crippen LogP contribution in [0.4, 0.5) is 5.69 Å². The summed E-state index contributed by atoms with van der Waals surface area (Å²) in [6.45, 7) is 0. The molecule has 3 N–H and O–H groups in total. The number of anilines is 1. The third kappa shape index (κ3) is 2.38. The van der Waals surface area contributed by atoms with Crippen LogP contribution < -0.4 is 5.73 Å². The normalized spacial score (nSPS) is 12.3. The molecule has 1 atom stereocenters. The number of para-hydroxylation sites is 1. The fourth-order valence-electron chi connectivity index (χ4n) is 1.67. The third-order valence-electron chi connectivity index (χ3n) is 2.51. The molecule has 0 fully saturated rings. The Morgan fingerprint density at radius 1 is 1.19 bits per heavy atom. The van der Waals surface area contributed by atoms with Gasteiger partial charge in [0.1, 0.15) is 0 Å². The highest BCUT2D eigenvalue weighted by Gasteiger charge is 2.10. The summed E-state index contributed by atoms with van der Waals surface area (Å²) in [6, 6.07) is 11.2. The van der Waals surface area contributed by atoms with Crippen molar-refractivity contribution in [1.29, 1.82) is 0 Å². The van der Waals surface area contributed by atoms with Crippen molar-refractivity contribution in [2.75, 3.05) is 5.73 Å². The fraction of sp³-hybridized carbons (Fsp3) is 0.154. The molecule has 0 amide bonds. The molecule has 3 heteroatoms. The lowest BCUT2D eigenvalue weighted by Crippen LogP contribution is -2.05. The zero-order chi connectivity index (χ0) is 11.4. The third-order valence-corrected chi connectivity index (χ3v) is 2.51. The maximum Gasteiger partial charge on any atom is 0.0850 e. The van der Waals surface area contributed by atoms with Gasteiger partial charge >= 0.3 is 0 Å². The number of pyridine rings is 1. The monoisotopic (exact) mass is 214 g/mol. The van der Waals surface area contributed by atoms with Crippen molar-refractivity contribution >= 4 is 5.69 Å². The molecule has 3 nitrogen and oxygen atoms in total. The molecule has 0 aliphatic carbocycles. The van der Waals surface area contributed by atoms with Gasteiger partial charge in [-0.05, 0) is 17.7 Å². The lowest BCUT2D eigenvalue weighted by atomic mass is 10.0. The van der Waals surface area contributed by atoms with Crippen LogP contribution in [-0.4, -0.2) is 10.1 Å². The van der Waals surface area contributed by atoms with Gasteiger partial charge in [0.25, 0.3) is 0 Å². The van der Waals surface area contributed by atoms with E-state index in [1.54, 1.807) is 18.5 Å². The second-order valence-electron chi connectivity index (χ2n) is 3.71. The van der Waals surface area contributed by atoms with E-state index in [0.717, 1.165) is 11.1 Å². The van der Waals surface area contributed by atoms with Gasteiger partial charge in [0.15, 0.2) is 0 Å². The van der Waals surface area contributed by atoms with E-state index in [1.165, 1.54) is 0 Å². The molecule has 1 unspecified atom stereocenters. The predicted molar refractivity (Wildman–Crippen MR) is 63.8 cm³/mol. The second-order valence-corrected chi connectivity index (χ2v) is 3.71. The van der Waals surface area contributed by atoms with Gasteiger partial charge < -0.3 is 10.8 Å². The number of nitrogen functional groups attached to an aromatic ring is 1. The molecule has 0 saturated carbocycles. The molecule has 0 saturated heterocycles.